The van der Waals surface area contributed by atoms with Gasteiger partial charge in [0.25, 0.3) is 11.8 Å². The molecule has 2 amide bonds. The van der Waals surface area contributed by atoms with Gasteiger partial charge < -0.3 is 14.2 Å². The highest BCUT2D eigenvalue weighted by Gasteiger charge is 2.15. The molecule has 0 bridgehead atoms. The highest BCUT2D eigenvalue weighted by molar-refractivity contribution is 9.10. The third-order valence-corrected chi connectivity index (χ3v) is 5.22. The smallest absolute Gasteiger partial charge is 0.338 e. The monoisotopic (exact) mass is 540 g/mol. The van der Waals surface area contributed by atoms with Gasteiger partial charge >= 0.3 is 5.97 Å². The molecule has 0 radical (unpaired) electrons. The van der Waals surface area contributed by atoms with Crippen LogP contribution in [0, 0.1) is 0 Å². The Morgan fingerprint density at radius 2 is 1.63 bits per heavy atom. The molecule has 0 saturated heterocycles. The van der Waals surface area contributed by atoms with Gasteiger partial charge in [0.1, 0.15) is 11.5 Å². The standard InChI is InChI=1S/C26H25BrN2O6/c1-2-33-26(32)19-8-11-21(12-9-19)35-17-24(30)28-29-25(31)22-16-20(27)10-13-23(22)34-15-14-18-6-4-3-5-7-18/h3-13,16H,2,14-15,17H2,1H3,(H,28,30)(H,29,31). The lowest BCUT2D eigenvalue weighted by molar-refractivity contribution is -0.123. The summed E-state index contributed by atoms with van der Waals surface area (Å²) in [6.45, 7) is 2.06. The molecule has 0 heterocycles. The summed E-state index contributed by atoms with van der Waals surface area (Å²) in [5, 5.41) is 0. The first-order valence-electron chi connectivity index (χ1n) is 10.9. The largest absolute Gasteiger partial charge is 0.492 e. The highest BCUT2D eigenvalue weighted by atomic mass is 79.9. The Balaban J connectivity index is 1.49. The topological polar surface area (TPSA) is 103 Å². The summed E-state index contributed by atoms with van der Waals surface area (Å²) in [7, 11) is 0. The van der Waals surface area contributed by atoms with Crippen molar-refractivity contribution in [2.24, 2.45) is 0 Å². The van der Waals surface area contributed by atoms with E-state index in [2.05, 4.69) is 26.8 Å². The quantitative estimate of drug-likeness (QED) is 0.296. The third-order valence-electron chi connectivity index (χ3n) is 4.73. The predicted molar refractivity (Wildman–Crippen MR) is 133 cm³/mol. The van der Waals surface area contributed by atoms with Crippen LogP contribution < -0.4 is 20.3 Å². The second kappa shape index (κ2) is 13.1. The summed E-state index contributed by atoms with van der Waals surface area (Å²) in [6.07, 6.45) is 0.687. The van der Waals surface area contributed by atoms with Crippen LogP contribution in [0.3, 0.4) is 0 Å². The van der Waals surface area contributed by atoms with Gasteiger partial charge in [0.2, 0.25) is 0 Å². The van der Waals surface area contributed by atoms with E-state index < -0.39 is 17.8 Å². The zero-order valence-corrected chi connectivity index (χ0v) is 20.7. The fourth-order valence-corrected chi connectivity index (χ4v) is 3.37. The number of carbonyl (C=O) groups excluding carboxylic acids is 3. The Bertz CT molecular complexity index is 1150. The van der Waals surface area contributed by atoms with Crippen molar-refractivity contribution in [3.05, 3.63) is 94.0 Å². The molecular formula is C26H25BrN2O6. The van der Waals surface area contributed by atoms with Crippen molar-refractivity contribution in [2.45, 2.75) is 13.3 Å². The Labute approximate surface area is 211 Å². The van der Waals surface area contributed by atoms with Gasteiger partial charge in [0.05, 0.1) is 24.3 Å². The van der Waals surface area contributed by atoms with E-state index in [1.165, 1.54) is 0 Å². The van der Waals surface area contributed by atoms with Crippen molar-refractivity contribution in [3.63, 3.8) is 0 Å². The van der Waals surface area contributed by atoms with Crippen LogP contribution in [0.15, 0.2) is 77.3 Å². The van der Waals surface area contributed by atoms with Crippen LogP contribution in [0.25, 0.3) is 0 Å². The Kier molecular flexibility index (Phi) is 9.68. The number of hydrazine groups is 1. The molecule has 0 spiro atoms. The van der Waals surface area contributed by atoms with Crippen molar-refractivity contribution in [3.8, 4) is 11.5 Å². The molecule has 8 nitrogen and oxygen atoms in total. The van der Waals surface area contributed by atoms with Crippen molar-refractivity contribution < 1.29 is 28.6 Å². The molecule has 35 heavy (non-hydrogen) atoms. The van der Waals surface area contributed by atoms with Crippen LogP contribution in [0.4, 0.5) is 0 Å². The van der Waals surface area contributed by atoms with Gasteiger partial charge in [-0.2, -0.15) is 0 Å². The summed E-state index contributed by atoms with van der Waals surface area (Å²) >= 11 is 3.35. The number of nitrogens with one attached hydrogen (secondary N) is 2. The van der Waals surface area contributed by atoms with Crippen molar-refractivity contribution in [1.82, 2.24) is 10.9 Å². The van der Waals surface area contributed by atoms with Gasteiger partial charge in [-0.15, -0.1) is 0 Å². The number of rotatable bonds is 10. The molecule has 0 unspecified atom stereocenters. The fraction of sp³-hybridized carbons (Fsp3) is 0.192. The van der Waals surface area contributed by atoms with Crippen molar-refractivity contribution in [1.29, 1.82) is 0 Å². The van der Waals surface area contributed by atoms with Gasteiger partial charge in [0, 0.05) is 10.9 Å². The number of ether oxygens (including phenoxy) is 3. The molecule has 0 aliphatic heterocycles. The van der Waals surface area contributed by atoms with Crippen molar-refractivity contribution in [2.75, 3.05) is 19.8 Å². The second-order valence-electron chi connectivity index (χ2n) is 7.26. The zero-order chi connectivity index (χ0) is 25.0. The fourth-order valence-electron chi connectivity index (χ4n) is 3.01. The maximum Gasteiger partial charge on any atom is 0.338 e. The molecule has 3 rings (SSSR count). The number of amides is 2. The molecule has 0 aliphatic rings. The number of hydrogen-bond acceptors (Lipinski definition) is 6. The first kappa shape index (κ1) is 25.8. The molecular weight excluding hydrogens is 516 g/mol. The molecule has 182 valence electrons. The summed E-state index contributed by atoms with van der Waals surface area (Å²) in [5.41, 5.74) is 6.46. The van der Waals surface area contributed by atoms with Crippen LogP contribution in [0.5, 0.6) is 11.5 Å². The molecule has 0 saturated carbocycles. The first-order chi connectivity index (χ1) is 17.0. The lowest BCUT2D eigenvalue weighted by Gasteiger charge is -2.13. The zero-order valence-electron chi connectivity index (χ0n) is 19.1. The summed E-state index contributed by atoms with van der Waals surface area (Å²) in [5.74, 6) is -0.743. The van der Waals surface area contributed by atoms with E-state index in [1.54, 1.807) is 49.4 Å². The lowest BCUT2D eigenvalue weighted by Crippen LogP contribution is -2.44. The highest BCUT2D eigenvalue weighted by Crippen LogP contribution is 2.23. The second-order valence-corrected chi connectivity index (χ2v) is 8.18. The van der Waals surface area contributed by atoms with Crippen LogP contribution >= 0.6 is 15.9 Å². The van der Waals surface area contributed by atoms with E-state index in [1.807, 2.05) is 30.3 Å². The van der Waals surface area contributed by atoms with Gasteiger partial charge in [-0.3, -0.25) is 20.4 Å². The van der Waals surface area contributed by atoms with Crippen LogP contribution in [0.2, 0.25) is 0 Å². The predicted octanol–water partition coefficient (Wildman–Crippen LogP) is 4.09. The van der Waals surface area contributed by atoms with Gasteiger partial charge in [-0.1, -0.05) is 46.3 Å². The van der Waals surface area contributed by atoms with Crippen LogP contribution in [0.1, 0.15) is 33.2 Å². The first-order valence-corrected chi connectivity index (χ1v) is 11.7. The number of halogens is 1. The number of carbonyl (C=O) groups is 3. The molecule has 0 aliphatic carbocycles. The average molecular weight is 541 g/mol. The molecule has 2 N–H and O–H groups in total. The normalized spacial score (nSPS) is 10.2. The molecule has 3 aromatic rings. The molecule has 0 aromatic heterocycles. The number of esters is 1. The SMILES string of the molecule is CCOC(=O)c1ccc(OCC(=O)NNC(=O)c2cc(Br)ccc2OCCc2ccccc2)cc1. The minimum absolute atomic E-state index is 0.267. The molecule has 3 aromatic carbocycles. The van der Waals surface area contributed by atoms with Gasteiger partial charge in [-0.25, -0.2) is 4.79 Å². The maximum absolute atomic E-state index is 12.7. The van der Waals surface area contributed by atoms with Crippen LogP contribution in [-0.4, -0.2) is 37.6 Å². The van der Waals surface area contributed by atoms with E-state index in [0.717, 1.165) is 5.56 Å². The Hall–Kier alpha value is -3.85. The Morgan fingerprint density at radius 1 is 0.886 bits per heavy atom. The number of benzene rings is 3. The summed E-state index contributed by atoms with van der Waals surface area (Å²) in [4.78, 5) is 36.5. The molecule has 0 fully saturated rings. The van der Waals surface area contributed by atoms with E-state index in [-0.39, 0.29) is 18.8 Å². The number of hydrogen-bond donors (Lipinski definition) is 2. The summed E-state index contributed by atoms with van der Waals surface area (Å²) < 4.78 is 16.8. The third kappa shape index (κ3) is 8.15. The minimum Gasteiger partial charge on any atom is -0.492 e. The molecule has 0 atom stereocenters. The van der Waals surface area contributed by atoms with E-state index in [9.17, 15) is 14.4 Å². The van der Waals surface area contributed by atoms with E-state index >= 15 is 0 Å². The van der Waals surface area contributed by atoms with Crippen LogP contribution in [-0.2, 0) is 16.0 Å². The lowest BCUT2D eigenvalue weighted by atomic mass is 10.1. The van der Waals surface area contributed by atoms with Gasteiger partial charge in [-0.05, 0) is 55.0 Å². The maximum atomic E-state index is 12.7. The minimum atomic E-state index is -0.561. The van der Waals surface area contributed by atoms with Gasteiger partial charge in [0.15, 0.2) is 6.61 Å². The van der Waals surface area contributed by atoms with E-state index in [0.29, 0.717) is 34.6 Å². The molecule has 9 heteroatoms. The average Bonchev–Trinajstić information content (AvgIpc) is 2.88. The Morgan fingerprint density at radius 3 is 2.34 bits per heavy atom. The summed E-state index contributed by atoms with van der Waals surface area (Å²) in [6, 6.07) is 21.1. The van der Waals surface area contributed by atoms with E-state index in [4.69, 9.17) is 14.2 Å². The van der Waals surface area contributed by atoms with Crippen molar-refractivity contribution >= 4 is 33.7 Å².